The van der Waals surface area contributed by atoms with E-state index in [1.54, 1.807) is 10.4 Å². The van der Waals surface area contributed by atoms with Gasteiger partial charge >= 0.3 is 0 Å². The molecule has 3 rings (SSSR count). The van der Waals surface area contributed by atoms with Gasteiger partial charge in [0.1, 0.15) is 0 Å². The largest absolute Gasteiger partial charge is 0.262 e. The Hall–Kier alpha value is -1.03. The van der Waals surface area contributed by atoms with E-state index in [-0.39, 0.29) is 0 Å². The molecule has 0 bridgehead atoms. The fourth-order valence-corrected chi connectivity index (χ4v) is 6.25. The van der Waals surface area contributed by atoms with E-state index in [1.165, 1.54) is 63.1 Å². The van der Waals surface area contributed by atoms with E-state index in [2.05, 4.69) is 65.7 Å². The van der Waals surface area contributed by atoms with Crippen molar-refractivity contribution in [3.8, 4) is 10.4 Å². The summed E-state index contributed by atoms with van der Waals surface area (Å²) in [5.41, 5.74) is 12.0. The molecule has 0 saturated carbocycles. The Bertz CT molecular complexity index is 887. The minimum Gasteiger partial charge on any atom is -0.262 e. The summed E-state index contributed by atoms with van der Waals surface area (Å²) in [5, 5.41) is 0. The minimum absolute atomic E-state index is 0.420. The van der Waals surface area contributed by atoms with Gasteiger partial charge in [0, 0.05) is 16.3 Å². The Labute approximate surface area is 174 Å². The maximum Gasteiger partial charge on any atom is 0.0383 e. The second-order valence-corrected chi connectivity index (χ2v) is 10.3. The molecule has 1 aromatic heterocycles. The van der Waals surface area contributed by atoms with Crippen LogP contribution in [0.4, 0.5) is 0 Å². The molecule has 0 unspecified atom stereocenters. The Morgan fingerprint density at radius 2 is 1.78 bits per heavy atom. The molecule has 1 N–H and O–H groups in total. The average Bonchev–Trinajstić information content (AvgIpc) is 2.92. The Morgan fingerprint density at radius 3 is 2.41 bits per heavy atom. The Morgan fingerprint density at radius 1 is 1.07 bits per heavy atom. The third-order valence-electron chi connectivity index (χ3n) is 6.47. The molecule has 1 aliphatic carbocycles. The SMILES string of the molecule is C=CCc1c(C)c(CNS)c(C)c(C)c1-c1sc2c(c1C)CC(C)(C)CC2. The molecule has 3 heteroatoms. The number of thiol groups is 1. The second kappa shape index (κ2) is 7.77. The van der Waals surface area contributed by atoms with Crippen LogP contribution in [0.5, 0.6) is 0 Å². The van der Waals surface area contributed by atoms with Crippen molar-refractivity contribution in [2.45, 2.75) is 73.8 Å². The molecular weight excluding hydrogens is 366 g/mol. The van der Waals surface area contributed by atoms with Crippen LogP contribution in [-0.4, -0.2) is 0 Å². The molecule has 0 saturated heterocycles. The summed E-state index contributed by atoms with van der Waals surface area (Å²) >= 11 is 6.30. The summed E-state index contributed by atoms with van der Waals surface area (Å²) in [7, 11) is 0. The van der Waals surface area contributed by atoms with Gasteiger partial charge in [0.2, 0.25) is 0 Å². The van der Waals surface area contributed by atoms with Crippen molar-refractivity contribution in [3.05, 3.63) is 56.5 Å². The van der Waals surface area contributed by atoms with Crippen molar-refractivity contribution in [1.29, 1.82) is 0 Å². The molecule has 1 aromatic carbocycles. The van der Waals surface area contributed by atoms with Gasteiger partial charge in [-0.15, -0.1) is 17.9 Å². The summed E-state index contributed by atoms with van der Waals surface area (Å²) in [6, 6.07) is 0. The molecule has 0 amide bonds. The van der Waals surface area contributed by atoms with Gasteiger partial charge in [-0.1, -0.05) is 32.7 Å². The molecule has 0 radical (unpaired) electrons. The van der Waals surface area contributed by atoms with E-state index in [4.69, 9.17) is 0 Å². The Kier molecular flexibility index (Phi) is 5.96. The number of allylic oxidation sites excluding steroid dienone is 1. The first-order valence-corrected chi connectivity index (χ1v) is 11.2. The topological polar surface area (TPSA) is 12.0 Å². The molecule has 27 heavy (non-hydrogen) atoms. The first kappa shape index (κ1) is 20.7. The van der Waals surface area contributed by atoms with Crippen molar-refractivity contribution in [1.82, 2.24) is 4.72 Å². The van der Waals surface area contributed by atoms with Gasteiger partial charge in [-0.25, -0.2) is 0 Å². The van der Waals surface area contributed by atoms with Crippen LogP contribution in [0, 0.1) is 33.1 Å². The van der Waals surface area contributed by atoms with E-state index >= 15 is 0 Å². The normalized spacial score (nSPS) is 15.7. The van der Waals surface area contributed by atoms with Gasteiger partial charge in [-0.2, -0.15) is 0 Å². The van der Waals surface area contributed by atoms with Crippen LogP contribution < -0.4 is 4.72 Å². The lowest BCUT2D eigenvalue weighted by atomic mass is 9.75. The van der Waals surface area contributed by atoms with Crippen molar-refractivity contribution in [2.75, 3.05) is 0 Å². The van der Waals surface area contributed by atoms with Crippen LogP contribution in [0.1, 0.15) is 64.1 Å². The van der Waals surface area contributed by atoms with Gasteiger partial charge in [0.15, 0.2) is 0 Å². The monoisotopic (exact) mass is 399 g/mol. The zero-order chi connectivity index (χ0) is 19.9. The quantitative estimate of drug-likeness (QED) is 0.415. The molecule has 0 spiro atoms. The lowest BCUT2D eigenvalue weighted by molar-refractivity contribution is 0.317. The van der Waals surface area contributed by atoms with E-state index in [1.807, 2.05) is 17.4 Å². The first-order chi connectivity index (χ1) is 12.7. The molecule has 0 aliphatic heterocycles. The van der Waals surface area contributed by atoms with Crippen LogP contribution in [0.3, 0.4) is 0 Å². The standard InChI is InChI=1S/C24H33NS2/c1-8-9-18-16(4)20(13-25-26)14(2)15(3)22(18)23-17(5)19-12-24(6,7)11-10-21(19)27-23/h8,25-26H,1,9-13H2,2-7H3. The maximum absolute atomic E-state index is 4.26. The fraction of sp³-hybridized carbons (Fsp3) is 0.500. The third kappa shape index (κ3) is 3.66. The number of hydrogen-bond donors (Lipinski definition) is 2. The van der Waals surface area contributed by atoms with E-state index in [9.17, 15) is 0 Å². The molecule has 146 valence electrons. The Balaban J connectivity index is 2.26. The fourth-order valence-electron chi connectivity index (χ4n) is 4.64. The lowest BCUT2D eigenvalue weighted by Crippen LogP contribution is -2.21. The summed E-state index contributed by atoms with van der Waals surface area (Å²) in [6.45, 7) is 18.8. The van der Waals surface area contributed by atoms with E-state index in [0.717, 1.165) is 13.0 Å². The zero-order valence-corrected chi connectivity index (χ0v) is 19.4. The van der Waals surface area contributed by atoms with Crippen LogP contribution >= 0.6 is 24.2 Å². The average molecular weight is 400 g/mol. The van der Waals surface area contributed by atoms with Crippen molar-refractivity contribution >= 4 is 24.2 Å². The van der Waals surface area contributed by atoms with Crippen molar-refractivity contribution < 1.29 is 0 Å². The number of aryl methyl sites for hydroxylation is 1. The van der Waals surface area contributed by atoms with Crippen LogP contribution in [0.25, 0.3) is 10.4 Å². The van der Waals surface area contributed by atoms with E-state index < -0.39 is 0 Å². The van der Waals surface area contributed by atoms with Gasteiger partial charge < -0.3 is 0 Å². The van der Waals surface area contributed by atoms with Gasteiger partial charge in [-0.05, 0) is 103 Å². The molecule has 0 fully saturated rings. The highest BCUT2D eigenvalue weighted by atomic mass is 32.1. The van der Waals surface area contributed by atoms with Crippen molar-refractivity contribution in [3.63, 3.8) is 0 Å². The number of hydrogen-bond acceptors (Lipinski definition) is 3. The van der Waals surface area contributed by atoms with Crippen molar-refractivity contribution in [2.24, 2.45) is 5.41 Å². The lowest BCUT2D eigenvalue weighted by Gasteiger charge is -2.29. The van der Waals surface area contributed by atoms with Crippen LogP contribution in [0.15, 0.2) is 12.7 Å². The number of benzene rings is 1. The molecule has 2 aromatic rings. The summed E-state index contributed by atoms with van der Waals surface area (Å²) in [5.74, 6) is 0. The number of thiophene rings is 1. The summed E-state index contributed by atoms with van der Waals surface area (Å²) in [6.07, 6.45) is 6.69. The predicted octanol–water partition coefficient (Wildman–Crippen LogP) is 6.83. The molecule has 1 heterocycles. The van der Waals surface area contributed by atoms with Gasteiger partial charge in [0.05, 0.1) is 0 Å². The summed E-state index contributed by atoms with van der Waals surface area (Å²) in [4.78, 5) is 3.10. The third-order valence-corrected chi connectivity index (χ3v) is 8.04. The highest BCUT2D eigenvalue weighted by molar-refractivity contribution is 7.78. The van der Waals surface area contributed by atoms with Gasteiger partial charge in [-0.3, -0.25) is 4.72 Å². The molecular formula is C24H33NS2. The zero-order valence-electron chi connectivity index (χ0n) is 17.7. The number of nitrogens with one attached hydrogen (secondary N) is 1. The molecule has 1 aliphatic rings. The number of rotatable bonds is 5. The smallest absolute Gasteiger partial charge is 0.0383 e. The predicted molar refractivity (Wildman–Crippen MR) is 124 cm³/mol. The first-order valence-electron chi connectivity index (χ1n) is 9.92. The van der Waals surface area contributed by atoms with Crippen LogP contribution in [-0.2, 0) is 25.8 Å². The molecule has 1 nitrogen and oxygen atoms in total. The van der Waals surface area contributed by atoms with Gasteiger partial charge in [0.25, 0.3) is 0 Å². The minimum atomic E-state index is 0.420. The van der Waals surface area contributed by atoms with E-state index in [0.29, 0.717) is 5.41 Å². The van der Waals surface area contributed by atoms with Crippen LogP contribution in [0.2, 0.25) is 0 Å². The second-order valence-electron chi connectivity index (χ2n) is 8.83. The highest BCUT2D eigenvalue weighted by Gasteiger charge is 2.30. The highest BCUT2D eigenvalue weighted by Crippen LogP contribution is 2.47. The number of fused-ring (bicyclic) bond motifs is 1. The maximum atomic E-state index is 4.26. The summed E-state index contributed by atoms with van der Waals surface area (Å²) < 4.78 is 3.05. The molecule has 0 atom stereocenters.